The number of hydrogen-bond donors (Lipinski definition) is 5. The molecule has 0 spiro atoms. The number of aromatic amines is 1. The van der Waals surface area contributed by atoms with Crippen molar-refractivity contribution in [3.8, 4) is 5.75 Å². The summed E-state index contributed by atoms with van der Waals surface area (Å²) in [6, 6.07) is 5.15. The molecule has 0 unspecified atom stereocenters. The van der Waals surface area contributed by atoms with E-state index in [1.807, 2.05) is 39.0 Å². The Labute approximate surface area is 176 Å². The number of imidazole rings is 1. The number of benzene rings is 1. The Balaban J connectivity index is 2.15. The Kier molecular flexibility index (Phi) is 7.10. The molecule has 5 N–H and O–H groups in total. The Morgan fingerprint density at radius 3 is 2.47 bits per heavy atom. The summed E-state index contributed by atoms with van der Waals surface area (Å²) in [5, 5.41) is 21.8. The van der Waals surface area contributed by atoms with Gasteiger partial charge in [0.25, 0.3) is 5.91 Å². The molecule has 0 aliphatic carbocycles. The third-order valence-corrected chi connectivity index (χ3v) is 5.25. The lowest BCUT2D eigenvalue weighted by Crippen LogP contribution is -2.43. The van der Waals surface area contributed by atoms with Gasteiger partial charge in [0, 0.05) is 17.9 Å². The average molecular weight is 421 g/mol. The topological polar surface area (TPSA) is 137 Å². The molecule has 2 atom stereocenters. The molecule has 0 bridgehead atoms. The summed E-state index contributed by atoms with van der Waals surface area (Å²) >= 11 is 0. The van der Waals surface area contributed by atoms with Crippen LogP contribution in [0.3, 0.4) is 0 Å². The van der Waals surface area contributed by atoms with Crippen molar-refractivity contribution < 1.29 is 24.6 Å². The minimum atomic E-state index is -1.43. The van der Waals surface area contributed by atoms with Crippen LogP contribution >= 0.6 is 0 Å². The van der Waals surface area contributed by atoms with Crippen molar-refractivity contribution in [3.63, 3.8) is 0 Å². The van der Waals surface area contributed by atoms with E-state index in [0.29, 0.717) is 11.6 Å². The minimum absolute atomic E-state index is 0.101. The van der Waals surface area contributed by atoms with Crippen molar-refractivity contribution in [2.45, 2.75) is 59.6 Å². The maximum Gasteiger partial charge on any atom is 0.272 e. The van der Waals surface area contributed by atoms with Crippen molar-refractivity contribution in [2.24, 2.45) is 10.8 Å². The van der Waals surface area contributed by atoms with Gasteiger partial charge in [-0.05, 0) is 24.0 Å². The molecule has 0 aliphatic heterocycles. The highest BCUT2D eigenvalue weighted by Gasteiger charge is 2.35. The molecule has 0 saturated heterocycles. The molecule has 166 valence electrons. The SMILES string of the molecule is COc1ccc2nc([C@@H](NC(=O)CCC(C)(C)[C@H](O)C(=O)NO)C(C)(C)C)[nH]c2c1. The van der Waals surface area contributed by atoms with Crippen molar-refractivity contribution in [1.29, 1.82) is 0 Å². The first-order valence-electron chi connectivity index (χ1n) is 9.84. The Hall–Kier alpha value is -2.65. The first-order valence-corrected chi connectivity index (χ1v) is 9.84. The summed E-state index contributed by atoms with van der Waals surface area (Å²) in [7, 11) is 1.60. The molecular weight excluding hydrogens is 388 g/mol. The molecule has 9 nitrogen and oxygen atoms in total. The fourth-order valence-corrected chi connectivity index (χ4v) is 3.19. The average Bonchev–Trinajstić information content (AvgIpc) is 3.10. The van der Waals surface area contributed by atoms with Crippen LogP contribution in [0.5, 0.6) is 5.75 Å². The predicted molar refractivity (Wildman–Crippen MR) is 112 cm³/mol. The monoisotopic (exact) mass is 420 g/mol. The minimum Gasteiger partial charge on any atom is -0.497 e. The standard InChI is InChI=1S/C21H32N4O5/c1-20(2,3)16(18-22-13-8-7-12(30-6)11-14(13)23-18)24-15(26)9-10-21(4,5)17(27)19(28)25-29/h7-8,11,16-17,27,29H,9-10H2,1-6H3,(H,22,23)(H,24,26)(H,25,28)/t16-,17-/m1/s1. The molecule has 0 radical (unpaired) electrons. The summed E-state index contributed by atoms with van der Waals surface area (Å²) < 4.78 is 5.25. The van der Waals surface area contributed by atoms with Crippen LogP contribution in [-0.2, 0) is 9.59 Å². The molecule has 2 amide bonds. The lowest BCUT2D eigenvalue weighted by Gasteiger charge is -2.31. The number of ether oxygens (including phenoxy) is 1. The van der Waals surface area contributed by atoms with Crippen LogP contribution in [0, 0.1) is 10.8 Å². The zero-order chi connectivity index (χ0) is 22.7. The van der Waals surface area contributed by atoms with E-state index in [0.717, 1.165) is 11.0 Å². The summed E-state index contributed by atoms with van der Waals surface area (Å²) in [5.74, 6) is 0.225. The number of carbonyl (C=O) groups excluding carboxylic acids is 2. The highest BCUT2D eigenvalue weighted by Crippen LogP contribution is 2.33. The maximum absolute atomic E-state index is 12.7. The zero-order valence-corrected chi connectivity index (χ0v) is 18.4. The molecule has 1 aromatic carbocycles. The maximum atomic E-state index is 12.7. The fraction of sp³-hybridized carbons (Fsp3) is 0.571. The largest absolute Gasteiger partial charge is 0.497 e. The van der Waals surface area contributed by atoms with Crippen LogP contribution in [-0.4, -0.2) is 45.3 Å². The molecule has 2 aromatic rings. The molecule has 0 fully saturated rings. The number of rotatable bonds is 8. The van der Waals surface area contributed by atoms with Gasteiger partial charge < -0.3 is 20.1 Å². The number of aliphatic hydroxyl groups excluding tert-OH is 1. The number of nitrogens with zero attached hydrogens (tertiary/aromatic N) is 1. The number of nitrogens with one attached hydrogen (secondary N) is 3. The smallest absolute Gasteiger partial charge is 0.272 e. The summed E-state index contributed by atoms with van der Waals surface area (Å²) in [6.45, 7) is 9.34. The second kappa shape index (κ2) is 9.01. The van der Waals surface area contributed by atoms with E-state index in [2.05, 4.69) is 15.3 Å². The lowest BCUT2D eigenvalue weighted by atomic mass is 9.81. The number of methoxy groups -OCH3 is 1. The van der Waals surface area contributed by atoms with Crippen molar-refractivity contribution in [3.05, 3.63) is 24.0 Å². The van der Waals surface area contributed by atoms with E-state index in [9.17, 15) is 14.7 Å². The van der Waals surface area contributed by atoms with Gasteiger partial charge in [-0.25, -0.2) is 10.5 Å². The van der Waals surface area contributed by atoms with E-state index < -0.39 is 17.4 Å². The summed E-state index contributed by atoms with van der Waals surface area (Å²) in [4.78, 5) is 32.1. The van der Waals surface area contributed by atoms with E-state index in [4.69, 9.17) is 9.94 Å². The number of H-pyrrole nitrogens is 1. The number of hydrogen-bond acceptors (Lipinski definition) is 6. The molecule has 30 heavy (non-hydrogen) atoms. The van der Waals surface area contributed by atoms with E-state index in [1.165, 1.54) is 5.48 Å². The predicted octanol–water partition coefficient (Wildman–Crippen LogP) is 2.45. The number of hydroxylamine groups is 1. The van der Waals surface area contributed by atoms with Gasteiger partial charge in [-0.2, -0.15) is 0 Å². The van der Waals surface area contributed by atoms with Crippen LogP contribution in [0.2, 0.25) is 0 Å². The normalized spacial score (nSPS) is 14.3. The van der Waals surface area contributed by atoms with E-state index in [-0.39, 0.29) is 30.2 Å². The quantitative estimate of drug-likeness (QED) is 0.329. The molecular formula is C21H32N4O5. The third-order valence-electron chi connectivity index (χ3n) is 5.25. The van der Waals surface area contributed by atoms with Gasteiger partial charge in [0.2, 0.25) is 5.91 Å². The number of aliphatic hydroxyl groups is 1. The molecule has 9 heteroatoms. The van der Waals surface area contributed by atoms with Crippen LogP contribution in [0.25, 0.3) is 11.0 Å². The molecule has 2 rings (SSSR count). The molecule has 1 heterocycles. The van der Waals surface area contributed by atoms with Crippen LogP contribution < -0.4 is 15.5 Å². The Morgan fingerprint density at radius 2 is 1.90 bits per heavy atom. The highest BCUT2D eigenvalue weighted by molar-refractivity contribution is 5.81. The molecule has 0 saturated carbocycles. The molecule has 1 aromatic heterocycles. The Bertz CT molecular complexity index is 900. The second-order valence-corrected chi connectivity index (χ2v) is 9.24. The van der Waals surface area contributed by atoms with Gasteiger partial charge in [-0.15, -0.1) is 0 Å². The number of carbonyl (C=O) groups is 2. The van der Waals surface area contributed by atoms with E-state index >= 15 is 0 Å². The Morgan fingerprint density at radius 1 is 1.23 bits per heavy atom. The van der Waals surface area contributed by atoms with Gasteiger partial charge in [-0.3, -0.25) is 14.8 Å². The van der Waals surface area contributed by atoms with Crippen LogP contribution in [0.1, 0.15) is 59.3 Å². The summed E-state index contributed by atoms with van der Waals surface area (Å²) in [5.41, 5.74) is 1.81. The van der Waals surface area contributed by atoms with Gasteiger partial charge in [0.1, 0.15) is 17.7 Å². The van der Waals surface area contributed by atoms with Crippen LogP contribution in [0.15, 0.2) is 18.2 Å². The van der Waals surface area contributed by atoms with Crippen LogP contribution in [0.4, 0.5) is 0 Å². The fourth-order valence-electron chi connectivity index (χ4n) is 3.19. The number of amides is 2. The van der Waals surface area contributed by atoms with Gasteiger partial charge in [-0.1, -0.05) is 34.6 Å². The lowest BCUT2D eigenvalue weighted by molar-refractivity contribution is -0.145. The first kappa shape index (κ1) is 23.6. The van der Waals surface area contributed by atoms with Gasteiger partial charge >= 0.3 is 0 Å². The number of fused-ring (bicyclic) bond motifs is 1. The number of aromatic nitrogens is 2. The van der Waals surface area contributed by atoms with Gasteiger partial charge in [0.15, 0.2) is 0 Å². The van der Waals surface area contributed by atoms with Crippen molar-refractivity contribution in [1.82, 2.24) is 20.8 Å². The first-order chi connectivity index (χ1) is 13.9. The van der Waals surface area contributed by atoms with E-state index in [1.54, 1.807) is 21.0 Å². The zero-order valence-electron chi connectivity index (χ0n) is 18.4. The second-order valence-electron chi connectivity index (χ2n) is 9.24. The highest BCUT2D eigenvalue weighted by atomic mass is 16.5. The molecule has 0 aliphatic rings. The van der Waals surface area contributed by atoms with Crippen molar-refractivity contribution >= 4 is 22.8 Å². The third kappa shape index (κ3) is 5.48. The summed E-state index contributed by atoms with van der Waals surface area (Å²) in [6.07, 6.45) is -1.08. The van der Waals surface area contributed by atoms with Crippen molar-refractivity contribution in [2.75, 3.05) is 7.11 Å². The van der Waals surface area contributed by atoms with Gasteiger partial charge in [0.05, 0.1) is 24.2 Å².